The van der Waals surface area contributed by atoms with Crippen molar-refractivity contribution in [1.29, 1.82) is 0 Å². The Balaban J connectivity index is 1.84. The molecule has 12 heteroatoms. The monoisotopic (exact) mass is 389 g/mol. The lowest BCUT2D eigenvalue weighted by molar-refractivity contribution is -0.384. The molecule has 26 heavy (non-hydrogen) atoms. The van der Waals surface area contributed by atoms with Crippen molar-refractivity contribution in [3.05, 3.63) is 50.9 Å². The molecule has 10 nitrogen and oxygen atoms in total. The van der Waals surface area contributed by atoms with Crippen LogP contribution in [0, 0.1) is 10.1 Å². The molecule has 3 rings (SSSR count). The van der Waals surface area contributed by atoms with E-state index in [0.29, 0.717) is 10.5 Å². The van der Waals surface area contributed by atoms with Crippen LogP contribution in [-0.4, -0.2) is 30.1 Å². The van der Waals surface area contributed by atoms with E-state index >= 15 is 0 Å². The first-order chi connectivity index (χ1) is 12.3. The zero-order valence-corrected chi connectivity index (χ0v) is 14.6. The largest absolute Gasteiger partial charge is 0.383 e. The number of amides is 1. The Morgan fingerprint density at radius 2 is 1.96 bits per heavy atom. The summed E-state index contributed by atoms with van der Waals surface area (Å²) in [5.41, 5.74) is 14.3. The smallest absolute Gasteiger partial charge is 0.285 e. The number of nitrogens with two attached hydrogens (primary N) is 2. The molecule has 1 aromatic carbocycles. The van der Waals surface area contributed by atoms with Gasteiger partial charge in [0.1, 0.15) is 11.6 Å². The molecule has 1 aliphatic rings. The number of thioether (sulfide) groups is 1. The number of nitrogens with one attached hydrogen (secondary N) is 1. The topological polar surface area (TPSA) is 153 Å². The van der Waals surface area contributed by atoms with Crippen LogP contribution in [0.3, 0.4) is 0 Å². The summed E-state index contributed by atoms with van der Waals surface area (Å²) in [6, 6.07) is 7.28. The predicted octanol–water partition coefficient (Wildman–Crippen LogP) is 1.78. The van der Waals surface area contributed by atoms with Gasteiger partial charge < -0.3 is 11.5 Å². The molecule has 0 bridgehead atoms. The van der Waals surface area contributed by atoms with Crippen LogP contribution in [0.1, 0.15) is 5.56 Å². The molecule has 1 aliphatic heterocycles. The number of benzene rings is 1. The highest BCUT2D eigenvalue weighted by atomic mass is 32.2. The number of anilines is 3. The molecule has 0 atom stereocenters. The summed E-state index contributed by atoms with van der Waals surface area (Å²) < 4.78 is 0.219. The Morgan fingerprint density at radius 1 is 1.27 bits per heavy atom. The number of hydrogen-bond donors (Lipinski definition) is 3. The molecule has 0 unspecified atom stereocenters. The van der Waals surface area contributed by atoms with Crippen LogP contribution in [-0.2, 0) is 4.79 Å². The molecule has 0 aliphatic carbocycles. The first-order valence-corrected chi connectivity index (χ1v) is 8.25. The molecule has 5 N–H and O–H groups in total. The molecule has 1 fully saturated rings. The van der Waals surface area contributed by atoms with Crippen molar-refractivity contribution in [3.63, 3.8) is 0 Å². The summed E-state index contributed by atoms with van der Waals surface area (Å²) in [7, 11) is 0. The number of carbonyl (C=O) groups is 1. The van der Waals surface area contributed by atoms with E-state index in [0.717, 1.165) is 16.8 Å². The Kier molecular flexibility index (Phi) is 4.69. The van der Waals surface area contributed by atoms with Gasteiger partial charge in [-0.05, 0) is 23.9 Å². The van der Waals surface area contributed by atoms with Crippen LogP contribution < -0.4 is 16.9 Å². The van der Waals surface area contributed by atoms with Gasteiger partial charge in [0.25, 0.3) is 11.6 Å². The number of nitrogen functional groups attached to an aromatic ring is 2. The van der Waals surface area contributed by atoms with Gasteiger partial charge in [-0.2, -0.15) is 15.0 Å². The highest BCUT2D eigenvalue weighted by molar-refractivity contribution is 8.26. The summed E-state index contributed by atoms with van der Waals surface area (Å²) in [5.74, 6) is -0.151. The van der Waals surface area contributed by atoms with E-state index in [9.17, 15) is 14.9 Å². The van der Waals surface area contributed by atoms with Gasteiger partial charge in [0.2, 0.25) is 5.95 Å². The molecule has 0 spiro atoms. The number of carbonyl (C=O) groups excluding carboxylic acids is 1. The van der Waals surface area contributed by atoms with Crippen molar-refractivity contribution in [2.45, 2.75) is 0 Å². The summed E-state index contributed by atoms with van der Waals surface area (Å²) in [5, 5.41) is 11.9. The van der Waals surface area contributed by atoms with Gasteiger partial charge in [0.15, 0.2) is 4.32 Å². The maximum Gasteiger partial charge on any atom is 0.285 e. The fourth-order valence-electron chi connectivity index (χ4n) is 2.08. The fourth-order valence-corrected chi connectivity index (χ4v) is 3.26. The van der Waals surface area contributed by atoms with Crippen molar-refractivity contribution in [3.8, 4) is 0 Å². The first kappa shape index (κ1) is 17.6. The van der Waals surface area contributed by atoms with E-state index in [-0.39, 0.29) is 27.6 Å². The number of aromatic nitrogens is 2. The number of hydrazine groups is 1. The average molecular weight is 389 g/mol. The van der Waals surface area contributed by atoms with Gasteiger partial charge in [0.05, 0.1) is 9.83 Å². The highest BCUT2D eigenvalue weighted by Crippen LogP contribution is 2.33. The van der Waals surface area contributed by atoms with Crippen LogP contribution in [0.4, 0.5) is 23.3 Å². The number of rotatable bonds is 4. The fraction of sp³-hybridized carbons (Fsp3) is 0. The van der Waals surface area contributed by atoms with Gasteiger partial charge >= 0.3 is 0 Å². The molecule has 1 aromatic heterocycles. The van der Waals surface area contributed by atoms with Crippen molar-refractivity contribution >= 4 is 63.6 Å². The molecular weight excluding hydrogens is 378 g/mol. The SMILES string of the molecule is Nc1cc(N)nc(NN2C(=O)C(=Cc3cccc([N+](=O)[O-])c3)SC2=S)n1. The quantitative estimate of drug-likeness (QED) is 0.305. The summed E-state index contributed by atoms with van der Waals surface area (Å²) in [6.45, 7) is 0. The van der Waals surface area contributed by atoms with E-state index < -0.39 is 10.8 Å². The second-order valence-electron chi connectivity index (χ2n) is 5.02. The summed E-state index contributed by atoms with van der Waals surface area (Å²) in [4.78, 5) is 31.0. The maximum absolute atomic E-state index is 12.5. The van der Waals surface area contributed by atoms with E-state index in [1.165, 1.54) is 30.3 Å². The lowest BCUT2D eigenvalue weighted by Gasteiger charge is -2.15. The minimum Gasteiger partial charge on any atom is -0.383 e. The van der Waals surface area contributed by atoms with Crippen LogP contribution in [0.25, 0.3) is 6.08 Å². The van der Waals surface area contributed by atoms with Crippen LogP contribution in [0.15, 0.2) is 35.2 Å². The van der Waals surface area contributed by atoms with Crippen molar-refractivity contribution < 1.29 is 9.72 Å². The third-order valence-electron chi connectivity index (χ3n) is 3.15. The molecule has 2 aromatic rings. The normalized spacial score (nSPS) is 15.5. The molecule has 132 valence electrons. The Bertz CT molecular complexity index is 943. The molecule has 1 amide bonds. The number of thiocarbonyl (C=S) groups is 1. The van der Waals surface area contributed by atoms with E-state index in [4.69, 9.17) is 23.7 Å². The number of nitro groups is 1. The lowest BCUT2D eigenvalue weighted by atomic mass is 10.2. The predicted molar refractivity (Wildman–Crippen MR) is 103 cm³/mol. The van der Waals surface area contributed by atoms with Crippen molar-refractivity contribution in [2.75, 3.05) is 16.9 Å². The highest BCUT2D eigenvalue weighted by Gasteiger charge is 2.33. The number of nitrogens with zero attached hydrogens (tertiary/aromatic N) is 4. The standard InChI is InChI=1S/C14H11N7O3S2/c15-10-6-11(16)18-13(17-10)19-20-12(22)9(26-14(20)25)5-7-2-1-3-8(4-7)21(23)24/h1-6H,(H5,15,16,17,18,19). The zero-order valence-electron chi connectivity index (χ0n) is 12.9. The van der Waals surface area contributed by atoms with Gasteiger partial charge in [-0.1, -0.05) is 23.9 Å². The van der Waals surface area contributed by atoms with Crippen LogP contribution in [0.5, 0.6) is 0 Å². The van der Waals surface area contributed by atoms with Gasteiger partial charge in [0, 0.05) is 18.2 Å². The minimum atomic E-state index is -0.508. The minimum absolute atomic E-state index is 0.0235. The molecule has 0 saturated carbocycles. The van der Waals surface area contributed by atoms with E-state index in [1.807, 2.05) is 0 Å². The second-order valence-corrected chi connectivity index (χ2v) is 6.70. The third-order valence-corrected chi connectivity index (χ3v) is 4.45. The Labute approximate surface area is 156 Å². The van der Waals surface area contributed by atoms with Crippen molar-refractivity contribution in [1.82, 2.24) is 15.0 Å². The summed E-state index contributed by atoms with van der Waals surface area (Å²) in [6.07, 6.45) is 1.52. The second kappa shape index (κ2) is 6.93. The van der Waals surface area contributed by atoms with Gasteiger partial charge in [-0.25, -0.2) is 0 Å². The van der Waals surface area contributed by atoms with Gasteiger partial charge in [-0.15, -0.1) is 0 Å². The Morgan fingerprint density at radius 3 is 2.62 bits per heavy atom. The third kappa shape index (κ3) is 3.70. The molecule has 2 heterocycles. The number of nitro benzene ring substituents is 1. The average Bonchev–Trinajstić information content (AvgIpc) is 2.82. The first-order valence-electron chi connectivity index (χ1n) is 7.02. The Hall–Kier alpha value is -3.25. The summed E-state index contributed by atoms with van der Waals surface area (Å²) >= 11 is 6.22. The van der Waals surface area contributed by atoms with Crippen molar-refractivity contribution in [2.24, 2.45) is 0 Å². The van der Waals surface area contributed by atoms with E-state index in [1.54, 1.807) is 6.07 Å². The molecular formula is C14H11N7O3S2. The van der Waals surface area contributed by atoms with Crippen LogP contribution >= 0.6 is 24.0 Å². The number of non-ortho nitro benzene ring substituents is 1. The van der Waals surface area contributed by atoms with Crippen LogP contribution in [0.2, 0.25) is 0 Å². The van der Waals surface area contributed by atoms with Gasteiger partial charge in [-0.3, -0.25) is 20.3 Å². The lowest BCUT2D eigenvalue weighted by Crippen LogP contribution is -2.34. The molecule has 1 saturated heterocycles. The maximum atomic E-state index is 12.5. The number of hydrogen-bond acceptors (Lipinski definition) is 10. The zero-order chi connectivity index (χ0) is 18.8. The molecule has 0 radical (unpaired) electrons. The van der Waals surface area contributed by atoms with E-state index in [2.05, 4.69) is 15.4 Å².